The number of aliphatic hydroxyl groups excluding tert-OH is 1. The molecule has 2 aromatic carbocycles. The fourth-order valence-corrected chi connectivity index (χ4v) is 2.60. The van der Waals surface area contributed by atoms with E-state index in [1.807, 2.05) is 24.3 Å². The van der Waals surface area contributed by atoms with Gasteiger partial charge in [0.15, 0.2) is 0 Å². The maximum Gasteiger partial charge on any atom is 0.134 e. The molecule has 4 heteroatoms. The first-order valence-corrected chi connectivity index (χ1v) is 6.66. The van der Waals surface area contributed by atoms with E-state index in [-0.39, 0.29) is 12.0 Å². The van der Waals surface area contributed by atoms with Crippen LogP contribution in [0.3, 0.4) is 0 Å². The average molecular weight is 288 g/mol. The van der Waals surface area contributed by atoms with Crippen LogP contribution < -0.4 is 0 Å². The molecule has 0 aliphatic carbocycles. The van der Waals surface area contributed by atoms with Crippen LogP contribution in [-0.4, -0.2) is 5.11 Å². The van der Waals surface area contributed by atoms with Crippen LogP contribution in [0.4, 0.5) is 8.78 Å². The normalized spacial score (nSPS) is 12.8. The molecule has 21 heavy (non-hydrogen) atoms. The second-order valence-corrected chi connectivity index (χ2v) is 5.02. The molecule has 0 aliphatic rings. The minimum Gasteiger partial charge on any atom is -0.461 e. The van der Waals surface area contributed by atoms with Gasteiger partial charge in [-0.05, 0) is 24.6 Å². The molecule has 0 aliphatic heterocycles. The van der Waals surface area contributed by atoms with E-state index in [0.717, 1.165) is 11.5 Å². The van der Waals surface area contributed by atoms with Crippen LogP contribution in [0.5, 0.6) is 0 Å². The molecule has 0 radical (unpaired) electrons. The maximum atomic E-state index is 13.7. The van der Waals surface area contributed by atoms with Crippen molar-refractivity contribution in [1.29, 1.82) is 0 Å². The van der Waals surface area contributed by atoms with Gasteiger partial charge in [0.25, 0.3) is 0 Å². The number of hydrogen-bond acceptors (Lipinski definition) is 2. The first-order chi connectivity index (χ1) is 10.1. The third-order valence-corrected chi connectivity index (χ3v) is 3.58. The Kier molecular flexibility index (Phi) is 3.47. The number of hydrogen-bond donors (Lipinski definition) is 1. The highest BCUT2D eigenvalue weighted by atomic mass is 19.1. The number of halogens is 2. The van der Waals surface area contributed by atoms with Gasteiger partial charge in [-0.25, -0.2) is 8.78 Å². The predicted octanol–water partition coefficient (Wildman–Crippen LogP) is 4.30. The highest BCUT2D eigenvalue weighted by molar-refractivity contribution is 5.82. The monoisotopic (exact) mass is 288 g/mol. The molecule has 1 heterocycles. The van der Waals surface area contributed by atoms with Gasteiger partial charge in [-0.2, -0.15) is 0 Å². The van der Waals surface area contributed by atoms with Gasteiger partial charge in [-0.15, -0.1) is 0 Å². The molecule has 0 saturated carbocycles. The van der Waals surface area contributed by atoms with Crippen molar-refractivity contribution in [3.8, 4) is 0 Å². The zero-order valence-electron chi connectivity index (χ0n) is 11.4. The molecule has 3 rings (SSSR count). The standard InChI is InChI=1S/C17H14F2O2/c1-10-17(13-4-2-3-5-16(13)21-10)15(20)8-11-6-7-12(18)9-14(11)19/h2-7,9,15,20H,8H2,1H3. The van der Waals surface area contributed by atoms with Crippen LogP contribution in [0.2, 0.25) is 0 Å². The first kappa shape index (κ1) is 13.8. The van der Waals surface area contributed by atoms with Gasteiger partial charge in [0.2, 0.25) is 0 Å². The number of aliphatic hydroxyl groups is 1. The Labute approximate surface area is 120 Å². The average Bonchev–Trinajstić information content (AvgIpc) is 2.77. The molecule has 3 aromatic rings. The van der Waals surface area contributed by atoms with E-state index in [4.69, 9.17) is 4.42 Å². The van der Waals surface area contributed by atoms with E-state index < -0.39 is 17.7 Å². The summed E-state index contributed by atoms with van der Waals surface area (Å²) in [5.41, 5.74) is 1.60. The van der Waals surface area contributed by atoms with Gasteiger partial charge in [0.1, 0.15) is 23.0 Å². The summed E-state index contributed by atoms with van der Waals surface area (Å²) >= 11 is 0. The highest BCUT2D eigenvalue weighted by Gasteiger charge is 2.20. The summed E-state index contributed by atoms with van der Waals surface area (Å²) in [4.78, 5) is 0. The number of fused-ring (bicyclic) bond motifs is 1. The molecular formula is C17H14F2O2. The largest absolute Gasteiger partial charge is 0.461 e. The van der Waals surface area contributed by atoms with Crippen LogP contribution in [0.25, 0.3) is 11.0 Å². The van der Waals surface area contributed by atoms with Crippen LogP contribution >= 0.6 is 0 Å². The minimum atomic E-state index is -0.909. The summed E-state index contributed by atoms with van der Waals surface area (Å²) in [5, 5.41) is 11.2. The molecule has 1 atom stereocenters. The lowest BCUT2D eigenvalue weighted by Crippen LogP contribution is -2.04. The molecule has 1 N–H and O–H groups in total. The van der Waals surface area contributed by atoms with Crippen molar-refractivity contribution in [1.82, 2.24) is 0 Å². The van der Waals surface area contributed by atoms with E-state index in [1.165, 1.54) is 12.1 Å². The second kappa shape index (κ2) is 5.30. The van der Waals surface area contributed by atoms with Gasteiger partial charge >= 0.3 is 0 Å². The van der Waals surface area contributed by atoms with Crippen molar-refractivity contribution < 1.29 is 18.3 Å². The lowest BCUT2D eigenvalue weighted by Gasteiger charge is -2.11. The van der Waals surface area contributed by atoms with Gasteiger partial charge < -0.3 is 9.52 Å². The van der Waals surface area contributed by atoms with Gasteiger partial charge in [-0.1, -0.05) is 24.3 Å². The Hall–Kier alpha value is -2.20. The summed E-state index contributed by atoms with van der Waals surface area (Å²) in [6.07, 6.45) is -0.843. The second-order valence-electron chi connectivity index (χ2n) is 5.02. The highest BCUT2D eigenvalue weighted by Crippen LogP contribution is 2.32. The van der Waals surface area contributed by atoms with Crippen molar-refractivity contribution in [2.24, 2.45) is 0 Å². The fraction of sp³-hybridized carbons (Fsp3) is 0.176. The van der Waals surface area contributed by atoms with Gasteiger partial charge in [0.05, 0.1) is 6.10 Å². The zero-order chi connectivity index (χ0) is 15.0. The third kappa shape index (κ3) is 2.54. The number of aryl methyl sites for hydroxylation is 1. The van der Waals surface area contributed by atoms with Crippen molar-refractivity contribution in [3.05, 3.63) is 71.0 Å². The fourth-order valence-electron chi connectivity index (χ4n) is 2.60. The van der Waals surface area contributed by atoms with Crippen LogP contribution in [0, 0.1) is 18.6 Å². The van der Waals surface area contributed by atoms with E-state index in [9.17, 15) is 13.9 Å². The number of rotatable bonds is 3. The van der Waals surface area contributed by atoms with E-state index in [1.54, 1.807) is 6.92 Å². The molecule has 1 aromatic heterocycles. The van der Waals surface area contributed by atoms with E-state index >= 15 is 0 Å². The van der Waals surface area contributed by atoms with Crippen molar-refractivity contribution in [2.45, 2.75) is 19.4 Å². The SMILES string of the molecule is Cc1oc2ccccc2c1C(O)Cc1ccc(F)cc1F. The lowest BCUT2D eigenvalue weighted by molar-refractivity contribution is 0.176. The quantitative estimate of drug-likeness (QED) is 0.779. The Morgan fingerprint density at radius 2 is 1.90 bits per heavy atom. The number of para-hydroxylation sites is 1. The molecule has 0 fully saturated rings. The van der Waals surface area contributed by atoms with Crippen molar-refractivity contribution in [2.75, 3.05) is 0 Å². The molecule has 0 bridgehead atoms. The van der Waals surface area contributed by atoms with Crippen LogP contribution in [-0.2, 0) is 6.42 Å². The lowest BCUT2D eigenvalue weighted by atomic mass is 9.98. The maximum absolute atomic E-state index is 13.7. The summed E-state index contributed by atoms with van der Waals surface area (Å²) in [6, 6.07) is 10.7. The molecule has 0 saturated heterocycles. The molecule has 0 spiro atoms. The minimum absolute atomic E-state index is 0.0660. The molecular weight excluding hydrogens is 274 g/mol. The summed E-state index contributed by atoms with van der Waals surface area (Å²) < 4.78 is 32.2. The van der Waals surface area contributed by atoms with Crippen molar-refractivity contribution >= 4 is 11.0 Å². The smallest absolute Gasteiger partial charge is 0.134 e. The summed E-state index contributed by atoms with van der Waals surface area (Å²) in [7, 11) is 0. The molecule has 1 unspecified atom stereocenters. The number of furan rings is 1. The summed E-state index contributed by atoms with van der Waals surface area (Å²) in [6.45, 7) is 1.76. The zero-order valence-corrected chi connectivity index (χ0v) is 11.4. The molecule has 108 valence electrons. The van der Waals surface area contributed by atoms with Crippen molar-refractivity contribution in [3.63, 3.8) is 0 Å². The van der Waals surface area contributed by atoms with E-state index in [2.05, 4.69) is 0 Å². The Balaban J connectivity index is 1.97. The third-order valence-electron chi connectivity index (χ3n) is 3.58. The first-order valence-electron chi connectivity index (χ1n) is 6.66. The predicted molar refractivity (Wildman–Crippen MR) is 76.0 cm³/mol. The Morgan fingerprint density at radius 1 is 1.14 bits per heavy atom. The Morgan fingerprint density at radius 3 is 2.67 bits per heavy atom. The molecule has 0 amide bonds. The van der Waals surface area contributed by atoms with Crippen LogP contribution in [0.15, 0.2) is 46.9 Å². The topological polar surface area (TPSA) is 33.4 Å². The van der Waals surface area contributed by atoms with E-state index in [0.29, 0.717) is 16.9 Å². The Bertz CT molecular complexity index is 793. The van der Waals surface area contributed by atoms with Crippen LogP contribution in [0.1, 0.15) is 23.0 Å². The van der Waals surface area contributed by atoms with Gasteiger partial charge in [-0.3, -0.25) is 0 Å². The van der Waals surface area contributed by atoms with Gasteiger partial charge in [0, 0.05) is 23.4 Å². The number of benzene rings is 2. The molecule has 2 nitrogen and oxygen atoms in total. The summed E-state index contributed by atoms with van der Waals surface area (Å²) in [5.74, 6) is -0.679.